The third-order valence-electron chi connectivity index (χ3n) is 5.41. The monoisotopic (exact) mass is 477 g/mol. The molecule has 2 heterocycles. The van der Waals surface area contributed by atoms with Gasteiger partial charge in [-0.3, -0.25) is 9.59 Å². The van der Waals surface area contributed by atoms with Crippen LogP contribution in [0.25, 0.3) is 0 Å². The molecule has 1 aromatic heterocycles. The normalized spacial score (nSPS) is 17.0. The molecular formula is C22H31N5O5S. The molecule has 2 N–H and O–H groups in total. The fourth-order valence-electron chi connectivity index (χ4n) is 4.02. The van der Waals surface area contributed by atoms with Gasteiger partial charge in [0.1, 0.15) is 6.23 Å². The lowest BCUT2D eigenvalue weighted by atomic mass is 10.1. The Bertz CT molecular complexity index is 1060. The number of nitrogens with one attached hydrogen (secondary N) is 2. The van der Waals surface area contributed by atoms with E-state index >= 15 is 0 Å². The molecule has 0 aliphatic carbocycles. The van der Waals surface area contributed by atoms with Gasteiger partial charge in [-0.15, -0.1) is 0 Å². The standard InChI is InChI=1S/C22H31N5O5S/c1-16-12-17(2)20(18(3)13-16)33(30,31)27-9-5-11-32-19(27)14-25-22(29)21(28)24-6-4-8-26-10-7-23-15-26/h7,10,12-13,15,19H,4-6,8-9,11,14H2,1-3H3,(H,24,28)(H,25,29)/t19-/m1/s1. The topological polar surface area (TPSA) is 123 Å². The van der Waals surface area contributed by atoms with Gasteiger partial charge in [-0.05, 0) is 44.7 Å². The zero-order chi connectivity index (χ0) is 24.0. The van der Waals surface area contributed by atoms with Crippen molar-refractivity contribution in [1.29, 1.82) is 0 Å². The highest BCUT2D eigenvalue weighted by molar-refractivity contribution is 7.89. The van der Waals surface area contributed by atoms with E-state index in [0.717, 1.165) is 5.56 Å². The molecule has 1 atom stereocenters. The zero-order valence-electron chi connectivity index (χ0n) is 19.2. The first kappa shape index (κ1) is 24.9. The lowest BCUT2D eigenvalue weighted by Gasteiger charge is -2.35. The van der Waals surface area contributed by atoms with Gasteiger partial charge in [-0.25, -0.2) is 13.4 Å². The van der Waals surface area contributed by atoms with Gasteiger partial charge < -0.3 is 19.9 Å². The van der Waals surface area contributed by atoms with E-state index in [1.54, 1.807) is 26.4 Å². The summed E-state index contributed by atoms with van der Waals surface area (Å²) in [5, 5.41) is 5.06. The average Bonchev–Trinajstić information content (AvgIpc) is 3.27. The maximum Gasteiger partial charge on any atom is 0.309 e. The first-order valence-electron chi connectivity index (χ1n) is 10.9. The second-order valence-corrected chi connectivity index (χ2v) is 9.97. The molecule has 1 saturated heterocycles. The van der Waals surface area contributed by atoms with E-state index in [-0.39, 0.29) is 18.0 Å². The number of carbonyl (C=O) groups is 2. The Morgan fingerprint density at radius 3 is 2.52 bits per heavy atom. The molecule has 0 radical (unpaired) electrons. The van der Waals surface area contributed by atoms with Gasteiger partial charge in [-0.1, -0.05) is 17.7 Å². The van der Waals surface area contributed by atoms with E-state index in [1.807, 2.05) is 29.8 Å². The van der Waals surface area contributed by atoms with Crippen molar-refractivity contribution >= 4 is 21.8 Å². The van der Waals surface area contributed by atoms with E-state index in [9.17, 15) is 18.0 Å². The lowest BCUT2D eigenvalue weighted by molar-refractivity contribution is -0.140. The maximum atomic E-state index is 13.4. The van der Waals surface area contributed by atoms with Crippen molar-refractivity contribution < 1.29 is 22.7 Å². The van der Waals surface area contributed by atoms with Crippen LogP contribution in [0.4, 0.5) is 0 Å². The predicted octanol–water partition coefficient (Wildman–Crippen LogP) is 0.868. The smallest absolute Gasteiger partial charge is 0.309 e. The highest BCUT2D eigenvalue weighted by atomic mass is 32.2. The number of aryl methyl sites for hydroxylation is 4. The van der Waals surface area contributed by atoms with E-state index in [0.29, 0.717) is 43.7 Å². The van der Waals surface area contributed by atoms with Crippen molar-refractivity contribution in [1.82, 2.24) is 24.5 Å². The molecule has 180 valence electrons. The summed E-state index contributed by atoms with van der Waals surface area (Å²) in [6.45, 7) is 6.98. The minimum absolute atomic E-state index is 0.121. The van der Waals surface area contributed by atoms with Crippen LogP contribution in [0, 0.1) is 20.8 Å². The molecule has 1 aliphatic rings. The van der Waals surface area contributed by atoms with Gasteiger partial charge in [0.2, 0.25) is 10.0 Å². The lowest BCUT2D eigenvalue weighted by Crippen LogP contribution is -2.53. The van der Waals surface area contributed by atoms with Gasteiger partial charge in [0.25, 0.3) is 0 Å². The number of aromatic nitrogens is 2. The molecule has 0 saturated carbocycles. The van der Waals surface area contributed by atoms with Gasteiger partial charge in [-0.2, -0.15) is 4.31 Å². The molecule has 3 rings (SSSR count). The van der Waals surface area contributed by atoms with E-state index in [4.69, 9.17) is 4.74 Å². The Labute approximate surface area is 194 Å². The third kappa shape index (κ3) is 6.18. The fourth-order valence-corrected chi connectivity index (χ4v) is 6.00. The van der Waals surface area contributed by atoms with Crippen molar-refractivity contribution in [3.63, 3.8) is 0 Å². The summed E-state index contributed by atoms with van der Waals surface area (Å²) in [6, 6.07) is 3.66. The summed E-state index contributed by atoms with van der Waals surface area (Å²) in [5.41, 5.74) is 2.31. The van der Waals surface area contributed by atoms with Crippen LogP contribution in [0.2, 0.25) is 0 Å². The van der Waals surface area contributed by atoms with E-state index in [1.165, 1.54) is 4.31 Å². The number of hydrogen-bond acceptors (Lipinski definition) is 6. The van der Waals surface area contributed by atoms with Crippen LogP contribution < -0.4 is 10.6 Å². The molecule has 0 spiro atoms. The van der Waals surface area contributed by atoms with Crippen LogP contribution in [-0.4, -0.2) is 66.6 Å². The van der Waals surface area contributed by atoms with Crippen molar-refractivity contribution in [3.8, 4) is 0 Å². The molecule has 0 bridgehead atoms. The number of imidazole rings is 1. The second-order valence-electron chi connectivity index (χ2n) is 8.14. The molecule has 2 amide bonds. The number of nitrogens with zero attached hydrogens (tertiary/aromatic N) is 3. The van der Waals surface area contributed by atoms with Gasteiger partial charge >= 0.3 is 11.8 Å². The summed E-state index contributed by atoms with van der Waals surface area (Å²) < 4.78 is 35.7. The van der Waals surface area contributed by atoms with Crippen LogP contribution >= 0.6 is 0 Å². The van der Waals surface area contributed by atoms with Crippen molar-refractivity contribution in [2.75, 3.05) is 26.2 Å². The number of ether oxygens (including phenoxy) is 1. The van der Waals surface area contributed by atoms with Gasteiger partial charge in [0.15, 0.2) is 0 Å². The molecule has 11 heteroatoms. The molecule has 2 aromatic rings. The van der Waals surface area contributed by atoms with Crippen molar-refractivity contribution in [2.24, 2.45) is 0 Å². The zero-order valence-corrected chi connectivity index (χ0v) is 20.0. The van der Waals surface area contributed by atoms with Crippen molar-refractivity contribution in [3.05, 3.63) is 47.5 Å². The third-order valence-corrected chi connectivity index (χ3v) is 7.60. The Balaban J connectivity index is 1.58. The average molecular weight is 478 g/mol. The Morgan fingerprint density at radius 2 is 1.85 bits per heavy atom. The van der Waals surface area contributed by atoms with Crippen LogP contribution in [-0.2, 0) is 30.9 Å². The maximum absolute atomic E-state index is 13.4. The first-order valence-corrected chi connectivity index (χ1v) is 12.4. The largest absolute Gasteiger partial charge is 0.360 e. The highest BCUT2D eigenvalue weighted by Crippen LogP contribution is 2.28. The van der Waals surface area contributed by atoms with Crippen LogP contribution in [0.1, 0.15) is 29.5 Å². The minimum atomic E-state index is -3.85. The quantitative estimate of drug-likeness (QED) is 0.430. The summed E-state index contributed by atoms with van der Waals surface area (Å²) in [4.78, 5) is 28.5. The number of rotatable bonds is 8. The number of sulfonamides is 1. The number of hydrogen-bond donors (Lipinski definition) is 2. The molecule has 1 fully saturated rings. The minimum Gasteiger partial charge on any atom is -0.360 e. The Hall–Kier alpha value is -2.76. The predicted molar refractivity (Wildman–Crippen MR) is 122 cm³/mol. The van der Waals surface area contributed by atoms with E-state index < -0.39 is 28.1 Å². The number of amides is 2. The Morgan fingerprint density at radius 1 is 1.15 bits per heavy atom. The first-order chi connectivity index (χ1) is 15.7. The molecule has 10 nitrogen and oxygen atoms in total. The second kappa shape index (κ2) is 10.9. The molecule has 1 aromatic carbocycles. The summed E-state index contributed by atoms with van der Waals surface area (Å²) in [5.74, 6) is -1.59. The van der Waals surface area contributed by atoms with Gasteiger partial charge in [0.05, 0.1) is 24.4 Å². The van der Waals surface area contributed by atoms with Crippen LogP contribution in [0.15, 0.2) is 35.7 Å². The van der Waals surface area contributed by atoms with Gasteiger partial charge in [0, 0.05) is 32.0 Å². The number of carbonyl (C=O) groups excluding carboxylic acids is 2. The fraction of sp³-hybridized carbons (Fsp3) is 0.500. The summed E-state index contributed by atoms with van der Waals surface area (Å²) in [6.07, 6.45) is 5.47. The molecule has 0 unspecified atom stereocenters. The SMILES string of the molecule is Cc1cc(C)c(S(=O)(=O)N2CCCO[C@@H]2CNC(=O)C(=O)NCCCn2ccnc2)c(C)c1. The number of benzene rings is 1. The molecule has 1 aliphatic heterocycles. The van der Waals surface area contributed by atoms with Crippen molar-refractivity contribution in [2.45, 2.75) is 51.3 Å². The molecular weight excluding hydrogens is 446 g/mol. The highest BCUT2D eigenvalue weighted by Gasteiger charge is 2.36. The summed E-state index contributed by atoms with van der Waals surface area (Å²) in [7, 11) is -3.85. The Kier molecular flexibility index (Phi) is 8.22. The molecule has 33 heavy (non-hydrogen) atoms. The van der Waals surface area contributed by atoms with Crippen LogP contribution in [0.3, 0.4) is 0 Å². The summed E-state index contributed by atoms with van der Waals surface area (Å²) >= 11 is 0. The van der Waals surface area contributed by atoms with E-state index in [2.05, 4.69) is 15.6 Å². The van der Waals surface area contributed by atoms with Crippen LogP contribution in [0.5, 0.6) is 0 Å².